The molecule has 0 bridgehead atoms. The van der Waals surface area contributed by atoms with E-state index in [4.69, 9.17) is 37.1 Å². The van der Waals surface area contributed by atoms with E-state index >= 15 is 0 Å². The summed E-state index contributed by atoms with van der Waals surface area (Å²) in [7, 11) is 1.23. The molecular weight excluding hydrogens is 650 g/mol. The number of nitrogens with zero attached hydrogens (tertiary/aromatic N) is 1. The molecule has 1 saturated heterocycles. The van der Waals surface area contributed by atoms with Crippen molar-refractivity contribution >= 4 is 69.8 Å². The molecule has 38 heavy (non-hydrogen) atoms. The van der Waals surface area contributed by atoms with Crippen molar-refractivity contribution in [3.8, 4) is 11.5 Å². The highest BCUT2D eigenvalue weighted by Crippen LogP contribution is 2.36. The van der Waals surface area contributed by atoms with Crippen LogP contribution >= 0.6 is 45.8 Å². The van der Waals surface area contributed by atoms with Crippen molar-refractivity contribution in [2.24, 2.45) is 0 Å². The predicted octanol–water partition coefficient (Wildman–Crippen LogP) is 6.05. The number of hydrogen-bond acceptors (Lipinski definition) is 7. The maximum Gasteiger partial charge on any atom is 0.373 e. The van der Waals surface area contributed by atoms with Crippen LogP contribution in [0.5, 0.6) is 11.5 Å². The van der Waals surface area contributed by atoms with Crippen molar-refractivity contribution in [3.05, 3.63) is 84.4 Å². The van der Waals surface area contributed by atoms with Gasteiger partial charge in [0.05, 0.1) is 23.8 Å². The van der Waals surface area contributed by atoms with E-state index in [1.165, 1.54) is 19.2 Å². The molecule has 198 valence electrons. The number of carbonyl (C=O) groups excluding carboxylic acids is 3. The zero-order valence-electron chi connectivity index (χ0n) is 20.2. The third-order valence-corrected chi connectivity index (χ3v) is 6.74. The fourth-order valence-corrected chi connectivity index (χ4v) is 4.82. The Kier molecular flexibility index (Phi) is 8.85. The van der Waals surface area contributed by atoms with Crippen molar-refractivity contribution in [3.63, 3.8) is 0 Å². The summed E-state index contributed by atoms with van der Waals surface area (Å²) in [5.41, 5.74) is 1.45. The summed E-state index contributed by atoms with van der Waals surface area (Å²) in [6.45, 7) is 2.27. The molecule has 0 saturated carbocycles. The van der Waals surface area contributed by atoms with Crippen LogP contribution < -0.4 is 14.8 Å². The van der Waals surface area contributed by atoms with E-state index in [9.17, 15) is 14.4 Å². The van der Waals surface area contributed by atoms with E-state index < -0.39 is 17.9 Å². The van der Waals surface area contributed by atoms with Crippen LogP contribution in [0.2, 0.25) is 10.0 Å². The van der Waals surface area contributed by atoms with Gasteiger partial charge in [0.15, 0.2) is 11.5 Å². The van der Waals surface area contributed by atoms with Crippen molar-refractivity contribution in [1.82, 2.24) is 10.2 Å². The number of imide groups is 1. The van der Waals surface area contributed by atoms with Gasteiger partial charge >= 0.3 is 12.0 Å². The minimum absolute atomic E-state index is 0.0241. The van der Waals surface area contributed by atoms with Crippen LogP contribution in [0, 0.1) is 3.57 Å². The SMILES string of the molecule is CCOc1cc(/C=C2\NC(=O)N(Cc3ccc(C(=O)OC)o3)C2=O)cc(I)c1OCc1ccc(Cl)cc1Cl. The Morgan fingerprint density at radius 1 is 1.13 bits per heavy atom. The molecule has 0 atom stereocenters. The molecule has 1 N–H and O–H groups in total. The van der Waals surface area contributed by atoms with Gasteiger partial charge in [0.25, 0.3) is 5.91 Å². The van der Waals surface area contributed by atoms with Gasteiger partial charge in [-0.25, -0.2) is 9.59 Å². The number of esters is 1. The van der Waals surface area contributed by atoms with Gasteiger partial charge in [-0.15, -0.1) is 0 Å². The monoisotopic (exact) mass is 670 g/mol. The van der Waals surface area contributed by atoms with Crippen molar-refractivity contribution in [1.29, 1.82) is 0 Å². The highest BCUT2D eigenvalue weighted by Gasteiger charge is 2.34. The number of carbonyl (C=O) groups is 3. The highest BCUT2D eigenvalue weighted by atomic mass is 127. The molecule has 4 rings (SSSR count). The van der Waals surface area contributed by atoms with Gasteiger partial charge in [-0.05, 0) is 77.6 Å². The second kappa shape index (κ2) is 12.1. The van der Waals surface area contributed by atoms with Crippen LogP contribution in [0.1, 0.15) is 34.4 Å². The lowest BCUT2D eigenvalue weighted by molar-refractivity contribution is -0.123. The molecule has 1 aliphatic rings. The number of benzene rings is 2. The molecule has 9 nitrogen and oxygen atoms in total. The first-order chi connectivity index (χ1) is 18.2. The zero-order chi connectivity index (χ0) is 27.4. The molecule has 0 radical (unpaired) electrons. The van der Waals surface area contributed by atoms with E-state index in [2.05, 4.69) is 32.6 Å². The quantitative estimate of drug-likeness (QED) is 0.128. The molecule has 0 unspecified atom stereocenters. The molecule has 2 aromatic carbocycles. The molecule has 3 amide bonds. The lowest BCUT2D eigenvalue weighted by Crippen LogP contribution is -2.30. The standard InChI is InChI=1S/C26H21Cl2IN2O7/c1-3-36-22-10-14(8-19(29)23(22)37-13-15-4-5-16(27)11-18(15)28)9-20-24(32)31(26(34)30-20)12-17-6-7-21(38-17)25(33)35-2/h4-11H,3,12-13H2,1-2H3,(H,30,34)/b20-9-. The minimum atomic E-state index is -0.655. The zero-order valence-corrected chi connectivity index (χ0v) is 23.8. The summed E-state index contributed by atoms with van der Waals surface area (Å²) < 4.78 is 22.5. The first kappa shape index (κ1) is 27.8. The normalized spacial score (nSPS) is 14.1. The van der Waals surface area contributed by atoms with Gasteiger partial charge in [-0.2, -0.15) is 0 Å². The average molecular weight is 671 g/mol. The second-order valence-electron chi connectivity index (χ2n) is 7.92. The number of halogens is 3. The minimum Gasteiger partial charge on any atom is -0.490 e. The lowest BCUT2D eigenvalue weighted by atomic mass is 10.1. The summed E-state index contributed by atoms with van der Waals surface area (Å²) in [6, 6.07) is 11.0. The maximum atomic E-state index is 13.0. The highest BCUT2D eigenvalue weighted by molar-refractivity contribution is 14.1. The van der Waals surface area contributed by atoms with E-state index in [0.29, 0.717) is 33.7 Å². The summed E-state index contributed by atoms with van der Waals surface area (Å²) in [5.74, 6) is 0.0166. The van der Waals surface area contributed by atoms with Crippen LogP contribution in [-0.4, -0.2) is 36.5 Å². The third-order valence-electron chi connectivity index (χ3n) is 5.35. The Balaban J connectivity index is 1.53. The van der Waals surface area contributed by atoms with Crippen LogP contribution in [0.4, 0.5) is 4.79 Å². The number of nitrogens with one attached hydrogen (secondary N) is 1. The van der Waals surface area contributed by atoms with E-state index in [1.54, 1.807) is 36.4 Å². The molecule has 0 spiro atoms. The van der Waals surface area contributed by atoms with Gasteiger partial charge in [-0.3, -0.25) is 9.69 Å². The fraction of sp³-hybridized carbons (Fsp3) is 0.192. The van der Waals surface area contributed by atoms with Gasteiger partial charge in [0.1, 0.15) is 18.1 Å². The van der Waals surface area contributed by atoms with Crippen molar-refractivity contribution in [2.45, 2.75) is 20.1 Å². The number of amides is 3. The summed E-state index contributed by atoms with van der Waals surface area (Å²) in [4.78, 5) is 38.0. The van der Waals surface area contributed by atoms with Gasteiger partial charge < -0.3 is 23.9 Å². The molecule has 3 aromatic rings. The molecule has 2 heterocycles. The van der Waals surface area contributed by atoms with Crippen molar-refractivity contribution in [2.75, 3.05) is 13.7 Å². The number of urea groups is 1. The summed E-state index contributed by atoms with van der Waals surface area (Å²) in [6.07, 6.45) is 1.55. The maximum absolute atomic E-state index is 13.0. The number of hydrogen-bond donors (Lipinski definition) is 1. The van der Waals surface area contributed by atoms with Crippen LogP contribution in [0.25, 0.3) is 6.08 Å². The second-order valence-corrected chi connectivity index (χ2v) is 9.93. The summed E-state index contributed by atoms with van der Waals surface area (Å²) in [5, 5.41) is 3.59. The van der Waals surface area contributed by atoms with Gasteiger partial charge in [0.2, 0.25) is 5.76 Å². The van der Waals surface area contributed by atoms with E-state index in [1.807, 2.05) is 6.92 Å². The molecule has 1 fully saturated rings. The first-order valence-electron chi connectivity index (χ1n) is 11.2. The molecule has 12 heteroatoms. The van der Waals surface area contributed by atoms with Gasteiger partial charge in [-0.1, -0.05) is 29.3 Å². The number of ether oxygens (including phenoxy) is 3. The van der Waals surface area contributed by atoms with Crippen molar-refractivity contribution < 1.29 is 33.0 Å². The smallest absolute Gasteiger partial charge is 0.373 e. The van der Waals surface area contributed by atoms with E-state index in [-0.39, 0.29) is 30.4 Å². The Morgan fingerprint density at radius 2 is 1.92 bits per heavy atom. The Bertz CT molecular complexity index is 1440. The fourth-order valence-electron chi connectivity index (χ4n) is 3.57. The molecule has 1 aromatic heterocycles. The largest absolute Gasteiger partial charge is 0.490 e. The number of rotatable bonds is 9. The van der Waals surface area contributed by atoms with Crippen LogP contribution in [0.15, 0.2) is 52.6 Å². The Labute approximate surface area is 241 Å². The Hall–Kier alpha value is -3.22. The number of methoxy groups -OCH3 is 1. The topological polar surface area (TPSA) is 107 Å². The molecular formula is C26H21Cl2IN2O7. The summed E-state index contributed by atoms with van der Waals surface area (Å²) >= 11 is 14.4. The van der Waals surface area contributed by atoms with Gasteiger partial charge in [0, 0.05) is 15.6 Å². The molecule has 0 aliphatic carbocycles. The van der Waals surface area contributed by atoms with Crippen LogP contribution in [0.3, 0.4) is 0 Å². The predicted molar refractivity (Wildman–Crippen MR) is 148 cm³/mol. The van der Waals surface area contributed by atoms with E-state index in [0.717, 1.165) is 14.0 Å². The lowest BCUT2D eigenvalue weighted by Gasteiger charge is -2.15. The average Bonchev–Trinajstić information content (AvgIpc) is 3.45. The third kappa shape index (κ3) is 6.25. The Morgan fingerprint density at radius 3 is 2.63 bits per heavy atom. The van der Waals surface area contributed by atoms with Crippen LogP contribution in [-0.2, 0) is 22.7 Å². The molecule has 1 aliphatic heterocycles. The first-order valence-corrected chi connectivity index (χ1v) is 13.1. The number of furan rings is 1.